The highest BCUT2D eigenvalue weighted by molar-refractivity contribution is 6.32. The average Bonchev–Trinajstić information content (AvgIpc) is 2.38. The van der Waals surface area contributed by atoms with Gasteiger partial charge in [-0.15, -0.1) is 0 Å². The number of fused-ring (bicyclic) bond motifs is 1. The zero-order valence-electron chi connectivity index (χ0n) is 11.8. The van der Waals surface area contributed by atoms with Gasteiger partial charge in [0.2, 0.25) is 0 Å². The fraction of sp³-hybridized carbons (Fsp3) is 0.312. The molecule has 0 fully saturated rings. The first-order valence-electron chi connectivity index (χ1n) is 6.53. The van der Waals surface area contributed by atoms with Gasteiger partial charge in [0.25, 0.3) is 0 Å². The minimum atomic E-state index is -0.355. The molecule has 2 rings (SSSR count). The summed E-state index contributed by atoms with van der Waals surface area (Å²) >= 11 is 6.22. The Balaban J connectivity index is 2.46. The summed E-state index contributed by atoms with van der Waals surface area (Å²) in [6, 6.07) is 4.97. The second-order valence-corrected chi connectivity index (χ2v) is 5.22. The monoisotopic (exact) mass is 292 g/mol. The number of hydrogen-bond donors (Lipinski definition) is 0. The Bertz CT molecular complexity index is 709. The molecule has 0 saturated heterocycles. The first-order chi connectivity index (χ1) is 9.51. The number of benzene rings is 1. The molecule has 0 N–H and O–H groups in total. The van der Waals surface area contributed by atoms with Gasteiger partial charge in [-0.2, -0.15) is 0 Å². The molecule has 2 aromatic rings. The largest absolute Gasteiger partial charge is 0.488 e. The van der Waals surface area contributed by atoms with Gasteiger partial charge in [0.05, 0.1) is 5.02 Å². The van der Waals surface area contributed by atoms with Crippen LogP contribution in [0.3, 0.4) is 0 Å². The predicted molar refractivity (Wildman–Crippen MR) is 81.8 cm³/mol. The van der Waals surface area contributed by atoms with Crippen LogP contribution in [-0.2, 0) is 6.42 Å². The minimum Gasteiger partial charge on any atom is -0.488 e. The highest BCUT2D eigenvalue weighted by Gasteiger charge is 2.10. The molecule has 0 aliphatic carbocycles. The fourth-order valence-corrected chi connectivity index (χ4v) is 2.15. The van der Waals surface area contributed by atoms with E-state index in [0.717, 1.165) is 17.4 Å². The third kappa shape index (κ3) is 3.23. The summed E-state index contributed by atoms with van der Waals surface area (Å²) in [5.74, 6) is 0.521. The van der Waals surface area contributed by atoms with Crippen LogP contribution in [0.1, 0.15) is 26.3 Å². The SMILES string of the molecule is CCc1cc(=O)oc2cc(OCC=C(C)C)c(Cl)cc12. The van der Waals surface area contributed by atoms with Crippen molar-refractivity contribution in [2.75, 3.05) is 6.61 Å². The highest BCUT2D eigenvalue weighted by atomic mass is 35.5. The minimum absolute atomic E-state index is 0.355. The van der Waals surface area contributed by atoms with Gasteiger partial charge in [0.1, 0.15) is 17.9 Å². The summed E-state index contributed by atoms with van der Waals surface area (Å²) < 4.78 is 10.8. The van der Waals surface area contributed by atoms with E-state index in [-0.39, 0.29) is 5.63 Å². The number of hydrogen-bond acceptors (Lipinski definition) is 3. The van der Waals surface area contributed by atoms with Crippen molar-refractivity contribution in [2.45, 2.75) is 27.2 Å². The maximum Gasteiger partial charge on any atom is 0.336 e. The second kappa shape index (κ2) is 6.14. The standard InChI is InChI=1S/C16H17ClO3/c1-4-11-7-16(18)20-14-9-15(13(17)8-12(11)14)19-6-5-10(2)3/h5,7-9H,4,6H2,1-3H3. The lowest BCUT2D eigenvalue weighted by molar-refractivity contribution is 0.362. The molecular formula is C16H17ClO3. The molecule has 0 aliphatic heterocycles. The molecule has 0 radical (unpaired) electrons. The van der Waals surface area contributed by atoms with E-state index in [0.29, 0.717) is 23.0 Å². The zero-order chi connectivity index (χ0) is 14.7. The Kier molecular flexibility index (Phi) is 4.50. The van der Waals surface area contributed by atoms with Gasteiger partial charge in [-0.05, 0) is 38.0 Å². The van der Waals surface area contributed by atoms with E-state index >= 15 is 0 Å². The lowest BCUT2D eigenvalue weighted by Gasteiger charge is -2.09. The third-order valence-electron chi connectivity index (χ3n) is 2.99. The number of ether oxygens (including phenoxy) is 1. The first kappa shape index (κ1) is 14.7. The van der Waals surface area contributed by atoms with Gasteiger partial charge < -0.3 is 9.15 Å². The van der Waals surface area contributed by atoms with Gasteiger partial charge in [-0.25, -0.2) is 4.79 Å². The molecule has 1 aromatic heterocycles. The van der Waals surface area contributed by atoms with E-state index in [9.17, 15) is 4.79 Å². The summed E-state index contributed by atoms with van der Waals surface area (Å²) in [6.07, 6.45) is 2.70. The number of rotatable bonds is 4. The van der Waals surface area contributed by atoms with Crippen molar-refractivity contribution in [3.05, 3.63) is 50.9 Å². The lowest BCUT2D eigenvalue weighted by atomic mass is 10.1. The number of aryl methyl sites for hydroxylation is 1. The van der Waals surface area contributed by atoms with E-state index < -0.39 is 0 Å². The Morgan fingerprint density at radius 1 is 1.35 bits per heavy atom. The normalized spacial score (nSPS) is 10.6. The summed E-state index contributed by atoms with van der Waals surface area (Å²) in [6.45, 7) is 6.42. The van der Waals surface area contributed by atoms with Crippen LogP contribution in [0.5, 0.6) is 5.75 Å². The molecule has 0 spiro atoms. The Hall–Kier alpha value is -1.74. The van der Waals surface area contributed by atoms with Crippen molar-refractivity contribution in [2.24, 2.45) is 0 Å². The van der Waals surface area contributed by atoms with Crippen LogP contribution in [0.2, 0.25) is 5.02 Å². The number of halogens is 1. The van der Waals surface area contributed by atoms with Crippen molar-refractivity contribution in [3.63, 3.8) is 0 Å². The van der Waals surface area contributed by atoms with E-state index in [1.54, 1.807) is 12.1 Å². The number of allylic oxidation sites excluding steroid dienone is 1. The molecule has 4 heteroatoms. The summed E-state index contributed by atoms with van der Waals surface area (Å²) in [4.78, 5) is 11.5. The molecule has 0 bridgehead atoms. The van der Waals surface area contributed by atoms with Crippen LogP contribution >= 0.6 is 11.6 Å². The summed E-state index contributed by atoms with van der Waals surface area (Å²) in [5.41, 5.74) is 2.24. The van der Waals surface area contributed by atoms with Crippen LogP contribution in [0.15, 0.2) is 39.1 Å². The molecule has 1 aromatic carbocycles. The van der Waals surface area contributed by atoms with Gasteiger partial charge in [-0.3, -0.25) is 0 Å². The molecule has 0 saturated carbocycles. The van der Waals surface area contributed by atoms with Crippen molar-refractivity contribution in [1.29, 1.82) is 0 Å². The highest BCUT2D eigenvalue weighted by Crippen LogP contribution is 2.31. The zero-order valence-corrected chi connectivity index (χ0v) is 12.6. The Morgan fingerprint density at radius 3 is 2.75 bits per heavy atom. The van der Waals surface area contributed by atoms with E-state index in [2.05, 4.69) is 0 Å². The molecule has 0 atom stereocenters. The molecule has 3 nitrogen and oxygen atoms in total. The average molecular weight is 293 g/mol. The third-order valence-corrected chi connectivity index (χ3v) is 3.29. The van der Waals surface area contributed by atoms with Crippen molar-refractivity contribution < 1.29 is 9.15 Å². The van der Waals surface area contributed by atoms with Crippen molar-refractivity contribution in [1.82, 2.24) is 0 Å². The Labute approximate surface area is 122 Å². The maximum atomic E-state index is 11.5. The van der Waals surface area contributed by atoms with Gasteiger partial charge in [0, 0.05) is 17.5 Å². The van der Waals surface area contributed by atoms with Crippen molar-refractivity contribution in [3.8, 4) is 5.75 Å². The van der Waals surface area contributed by atoms with Crippen molar-refractivity contribution >= 4 is 22.6 Å². The fourth-order valence-electron chi connectivity index (χ4n) is 1.93. The van der Waals surface area contributed by atoms with E-state index in [4.69, 9.17) is 20.8 Å². The molecule has 1 heterocycles. The van der Waals surface area contributed by atoms with Crippen LogP contribution in [0.25, 0.3) is 11.0 Å². The summed E-state index contributed by atoms with van der Waals surface area (Å²) in [7, 11) is 0. The molecule has 0 aliphatic rings. The van der Waals surface area contributed by atoms with Gasteiger partial charge in [-0.1, -0.05) is 24.1 Å². The predicted octanol–water partition coefficient (Wildman–Crippen LogP) is 4.35. The van der Waals surface area contributed by atoms with Crippen LogP contribution < -0.4 is 10.4 Å². The topological polar surface area (TPSA) is 39.4 Å². The molecule has 20 heavy (non-hydrogen) atoms. The molecule has 0 unspecified atom stereocenters. The van der Waals surface area contributed by atoms with Crippen LogP contribution in [0, 0.1) is 0 Å². The van der Waals surface area contributed by atoms with E-state index in [1.165, 1.54) is 11.6 Å². The smallest absolute Gasteiger partial charge is 0.336 e. The Morgan fingerprint density at radius 2 is 2.10 bits per heavy atom. The summed E-state index contributed by atoms with van der Waals surface area (Å²) in [5, 5.41) is 1.37. The first-order valence-corrected chi connectivity index (χ1v) is 6.91. The quantitative estimate of drug-likeness (QED) is 0.621. The van der Waals surface area contributed by atoms with Crippen LogP contribution in [0.4, 0.5) is 0 Å². The molecule has 0 amide bonds. The maximum absolute atomic E-state index is 11.5. The molecular weight excluding hydrogens is 276 g/mol. The van der Waals surface area contributed by atoms with Crippen LogP contribution in [-0.4, -0.2) is 6.61 Å². The van der Waals surface area contributed by atoms with Gasteiger partial charge >= 0.3 is 5.63 Å². The lowest BCUT2D eigenvalue weighted by Crippen LogP contribution is -2.01. The molecule has 106 valence electrons. The van der Waals surface area contributed by atoms with E-state index in [1.807, 2.05) is 26.8 Å². The second-order valence-electron chi connectivity index (χ2n) is 4.82. The van der Waals surface area contributed by atoms with Gasteiger partial charge in [0.15, 0.2) is 0 Å².